The summed E-state index contributed by atoms with van der Waals surface area (Å²) in [6.07, 6.45) is 0. The summed E-state index contributed by atoms with van der Waals surface area (Å²) in [5.41, 5.74) is 17.5. The molecule has 1 aromatic rings. The van der Waals surface area contributed by atoms with Gasteiger partial charge in [0.25, 0.3) is 0 Å². The smallest absolute Gasteiger partial charge is 0.223 e. The Morgan fingerprint density at radius 3 is 2.69 bits per heavy atom. The van der Waals surface area contributed by atoms with Crippen molar-refractivity contribution in [2.75, 3.05) is 7.11 Å². The van der Waals surface area contributed by atoms with Crippen molar-refractivity contribution in [3.05, 3.63) is 29.8 Å². The monoisotopic (exact) mass is 221 g/mol. The second kappa shape index (κ2) is 5.72. The van der Waals surface area contributed by atoms with Crippen LogP contribution in [0.3, 0.4) is 0 Å². The molecule has 86 valence electrons. The molecule has 0 aliphatic rings. The fraction of sp³-hybridized carbons (Fsp3) is 0.200. The Balaban J connectivity index is 2.88. The van der Waals surface area contributed by atoms with E-state index >= 15 is 0 Å². The molecule has 0 bridgehead atoms. The van der Waals surface area contributed by atoms with E-state index in [1.807, 2.05) is 18.2 Å². The van der Waals surface area contributed by atoms with Gasteiger partial charge in [-0.25, -0.2) is 4.99 Å². The van der Waals surface area contributed by atoms with Crippen molar-refractivity contribution in [3.63, 3.8) is 0 Å². The van der Waals surface area contributed by atoms with Crippen molar-refractivity contribution < 1.29 is 4.74 Å². The summed E-state index contributed by atoms with van der Waals surface area (Å²) in [6.45, 7) is 0.519. The van der Waals surface area contributed by atoms with Crippen LogP contribution in [0.1, 0.15) is 5.56 Å². The predicted octanol–water partition coefficient (Wildman–Crippen LogP) is 0.0526. The zero-order valence-corrected chi connectivity index (χ0v) is 9.05. The number of nitrogens with zero attached hydrogens (tertiary/aromatic N) is 2. The van der Waals surface area contributed by atoms with Crippen LogP contribution < -0.4 is 17.2 Å². The van der Waals surface area contributed by atoms with Gasteiger partial charge in [-0.05, 0) is 17.7 Å². The summed E-state index contributed by atoms with van der Waals surface area (Å²) in [6, 6.07) is 7.43. The number of nitrogens with two attached hydrogens (primary N) is 3. The van der Waals surface area contributed by atoms with E-state index in [9.17, 15) is 0 Å². The molecule has 0 saturated carbocycles. The van der Waals surface area contributed by atoms with Gasteiger partial charge in [0.1, 0.15) is 0 Å². The van der Waals surface area contributed by atoms with Gasteiger partial charge in [0.05, 0.1) is 12.3 Å². The van der Waals surface area contributed by atoms with Gasteiger partial charge in [0.2, 0.25) is 5.96 Å². The largest absolute Gasteiger partial charge is 0.380 e. The number of guanidine groups is 2. The molecule has 0 saturated heterocycles. The summed E-state index contributed by atoms with van der Waals surface area (Å²) in [7, 11) is 1.63. The molecule has 0 amide bonds. The van der Waals surface area contributed by atoms with Crippen molar-refractivity contribution in [1.29, 1.82) is 0 Å². The summed E-state index contributed by atoms with van der Waals surface area (Å²) in [5, 5.41) is 0. The van der Waals surface area contributed by atoms with Crippen LogP contribution in [-0.4, -0.2) is 19.0 Å². The molecule has 0 aromatic heterocycles. The average molecular weight is 221 g/mol. The number of ether oxygens (including phenoxy) is 1. The van der Waals surface area contributed by atoms with Crippen molar-refractivity contribution in [2.45, 2.75) is 6.61 Å². The molecule has 0 spiro atoms. The molecule has 6 nitrogen and oxygen atoms in total. The lowest BCUT2D eigenvalue weighted by atomic mass is 10.2. The lowest BCUT2D eigenvalue weighted by Crippen LogP contribution is -2.26. The Labute approximate surface area is 93.8 Å². The lowest BCUT2D eigenvalue weighted by Gasteiger charge is -2.01. The lowest BCUT2D eigenvalue weighted by molar-refractivity contribution is 0.185. The van der Waals surface area contributed by atoms with Crippen LogP contribution in [0.2, 0.25) is 0 Å². The third-order valence-corrected chi connectivity index (χ3v) is 1.71. The summed E-state index contributed by atoms with van der Waals surface area (Å²) in [5.74, 6) is -0.0936. The zero-order valence-electron chi connectivity index (χ0n) is 9.05. The standard InChI is InChI=1S/C10H15N5O/c1-16-6-7-3-2-4-8(5-7)14-10(13)15-9(11)12/h2-5H,6H2,1H3,(H6,11,12,13,14,15). The van der Waals surface area contributed by atoms with E-state index in [0.717, 1.165) is 5.56 Å². The summed E-state index contributed by atoms with van der Waals surface area (Å²) >= 11 is 0. The first-order valence-corrected chi connectivity index (χ1v) is 4.63. The van der Waals surface area contributed by atoms with Crippen molar-refractivity contribution >= 4 is 17.6 Å². The van der Waals surface area contributed by atoms with Crippen molar-refractivity contribution in [2.24, 2.45) is 27.2 Å². The zero-order chi connectivity index (χ0) is 12.0. The van der Waals surface area contributed by atoms with E-state index in [1.165, 1.54) is 0 Å². The summed E-state index contributed by atoms with van der Waals surface area (Å²) < 4.78 is 5.01. The van der Waals surface area contributed by atoms with Crippen molar-refractivity contribution in [1.82, 2.24) is 0 Å². The second-order valence-corrected chi connectivity index (χ2v) is 3.11. The third kappa shape index (κ3) is 3.97. The molecule has 16 heavy (non-hydrogen) atoms. The van der Waals surface area contributed by atoms with Gasteiger partial charge < -0.3 is 21.9 Å². The van der Waals surface area contributed by atoms with E-state index < -0.39 is 0 Å². The van der Waals surface area contributed by atoms with E-state index in [4.69, 9.17) is 21.9 Å². The number of rotatable bonds is 3. The predicted molar refractivity (Wildman–Crippen MR) is 64.2 cm³/mol. The van der Waals surface area contributed by atoms with E-state index in [0.29, 0.717) is 12.3 Å². The number of hydrogen-bond donors (Lipinski definition) is 3. The number of benzene rings is 1. The molecule has 0 radical (unpaired) electrons. The Morgan fingerprint density at radius 1 is 1.31 bits per heavy atom. The minimum Gasteiger partial charge on any atom is -0.380 e. The molecular weight excluding hydrogens is 206 g/mol. The van der Waals surface area contributed by atoms with Gasteiger partial charge in [-0.1, -0.05) is 12.1 Å². The van der Waals surface area contributed by atoms with E-state index in [1.54, 1.807) is 13.2 Å². The van der Waals surface area contributed by atoms with Crippen LogP contribution in [0.15, 0.2) is 34.3 Å². The van der Waals surface area contributed by atoms with E-state index in [2.05, 4.69) is 9.98 Å². The Kier molecular flexibility index (Phi) is 4.28. The van der Waals surface area contributed by atoms with Crippen LogP contribution in [0.5, 0.6) is 0 Å². The quantitative estimate of drug-likeness (QED) is 0.494. The molecule has 1 rings (SSSR count). The molecule has 0 atom stereocenters. The number of methoxy groups -OCH3 is 1. The second-order valence-electron chi connectivity index (χ2n) is 3.11. The Morgan fingerprint density at radius 2 is 2.06 bits per heavy atom. The first-order valence-electron chi connectivity index (χ1n) is 4.63. The minimum atomic E-state index is -0.116. The fourth-order valence-corrected chi connectivity index (χ4v) is 1.17. The maximum absolute atomic E-state index is 5.50. The summed E-state index contributed by atoms with van der Waals surface area (Å²) in [4.78, 5) is 7.65. The topological polar surface area (TPSA) is 112 Å². The average Bonchev–Trinajstić information content (AvgIpc) is 2.17. The molecule has 0 aliphatic heterocycles. The maximum atomic E-state index is 5.50. The highest BCUT2D eigenvalue weighted by Gasteiger charge is 1.95. The Hall–Kier alpha value is -2.08. The first-order chi connectivity index (χ1) is 7.61. The molecule has 0 heterocycles. The SMILES string of the molecule is COCc1cccc(N=C(N)N=C(N)N)c1. The number of hydrogen-bond acceptors (Lipinski definition) is 2. The van der Waals surface area contributed by atoms with Crippen LogP contribution in [0.4, 0.5) is 5.69 Å². The van der Waals surface area contributed by atoms with Gasteiger partial charge in [0.15, 0.2) is 5.96 Å². The fourth-order valence-electron chi connectivity index (χ4n) is 1.17. The van der Waals surface area contributed by atoms with Crippen LogP contribution in [-0.2, 0) is 11.3 Å². The van der Waals surface area contributed by atoms with Gasteiger partial charge in [-0.2, -0.15) is 4.99 Å². The maximum Gasteiger partial charge on any atom is 0.223 e. The minimum absolute atomic E-state index is 0.0227. The molecule has 1 aromatic carbocycles. The van der Waals surface area contributed by atoms with Crippen LogP contribution in [0.25, 0.3) is 0 Å². The van der Waals surface area contributed by atoms with Gasteiger partial charge in [-0.3, -0.25) is 0 Å². The number of aliphatic imine (C=N–C) groups is 2. The molecule has 0 fully saturated rings. The molecule has 0 aliphatic carbocycles. The highest BCUT2D eigenvalue weighted by atomic mass is 16.5. The van der Waals surface area contributed by atoms with Gasteiger partial charge >= 0.3 is 0 Å². The first kappa shape index (κ1) is 12.0. The molecular formula is C10H15N5O. The highest BCUT2D eigenvalue weighted by molar-refractivity contribution is 5.93. The molecule has 6 N–H and O–H groups in total. The van der Waals surface area contributed by atoms with Gasteiger partial charge in [0, 0.05) is 7.11 Å². The normalized spacial score (nSPS) is 11.2. The molecule has 6 heteroatoms. The molecule has 0 unspecified atom stereocenters. The van der Waals surface area contributed by atoms with Crippen molar-refractivity contribution in [3.8, 4) is 0 Å². The van der Waals surface area contributed by atoms with Crippen LogP contribution >= 0.6 is 0 Å². The Bertz CT molecular complexity index is 409. The van der Waals surface area contributed by atoms with E-state index in [-0.39, 0.29) is 11.9 Å². The van der Waals surface area contributed by atoms with Crippen LogP contribution in [0, 0.1) is 0 Å². The third-order valence-electron chi connectivity index (χ3n) is 1.71. The highest BCUT2D eigenvalue weighted by Crippen LogP contribution is 2.14. The van der Waals surface area contributed by atoms with Gasteiger partial charge in [-0.15, -0.1) is 0 Å².